The summed E-state index contributed by atoms with van der Waals surface area (Å²) in [5.41, 5.74) is -0.0608. The lowest BCUT2D eigenvalue weighted by Gasteiger charge is -2.32. The van der Waals surface area contributed by atoms with E-state index in [2.05, 4.69) is 18.1 Å². The van der Waals surface area contributed by atoms with Crippen molar-refractivity contribution in [3.05, 3.63) is 18.0 Å². The van der Waals surface area contributed by atoms with Gasteiger partial charge in [-0.3, -0.25) is 4.68 Å². The van der Waals surface area contributed by atoms with Crippen LogP contribution in [0.1, 0.15) is 44.3 Å². The highest BCUT2D eigenvalue weighted by atomic mass is 16.5. The van der Waals surface area contributed by atoms with Gasteiger partial charge >= 0.3 is 0 Å². The Morgan fingerprint density at radius 3 is 3.11 bits per heavy atom. The molecule has 0 saturated carbocycles. The van der Waals surface area contributed by atoms with Crippen LogP contribution in [0.25, 0.3) is 0 Å². The van der Waals surface area contributed by atoms with Crippen molar-refractivity contribution in [3.8, 4) is 6.07 Å². The van der Waals surface area contributed by atoms with Gasteiger partial charge in [0.2, 0.25) is 0 Å². The number of fused-ring (bicyclic) bond motifs is 2. The van der Waals surface area contributed by atoms with Gasteiger partial charge in [-0.15, -0.1) is 0 Å². The van der Waals surface area contributed by atoms with Crippen molar-refractivity contribution < 1.29 is 9.84 Å². The fourth-order valence-electron chi connectivity index (χ4n) is 3.38. The van der Waals surface area contributed by atoms with Gasteiger partial charge in [0.25, 0.3) is 0 Å². The minimum atomic E-state index is -0.807. The molecule has 102 valence electrons. The van der Waals surface area contributed by atoms with Crippen LogP contribution in [0.15, 0.2) is 12.4 Å². The second-order valence-corrected chi connectivity index (χ2v) is 5.62. The van der Waals surface area contributed by atoms with Crippen LogP contribution in [-0.2, 0) is 11.3 Å². The lowest BCUT2D eigenvalue weighted by Crippen LogP contribution is -2.37. The van der Waals surface area contributed by atoms with Crippen LogP contribution < -0.4 is 0 Å². The maximum Gasteiger partial charge on any atom is 0.116 e. The summed E-state index contributed by atoms with van der Waals surface area (Å²) >= 11 is 0. The first-order valence-electron chi connectivity index (χ1n) is 6.96. The molecule has 3 heterocycles. The Morgan fingerprint density at radius 2 is 2.53 bits per heavy atom. The van der Waals surface area contributed by atoms with E-state index in [1.54, 1.807) is 6.20 Å². The van der Waals surface area contributed by atoms with Crippen LogP contribution >= 0.6 is 0 Å². The first-order valence-corrected chi connectivity index (χ1v) is 6.96. The largest absolute Gasteiger partial charge is 0.387 e. The molecule has 0 spiro atoms. The summed E-state index contributed by atoms with van der Waals surface area (Å²) in [5.74, 6) is 0. The van der Waals surface area contributed by atoms with E-state index in [0.717, 1.165) is 31.4 Å². The quantitative estimate of drug-likeness (QED) is 0.897. The molecule has 1 N–H and O–H groups in total. The minimum absolute atomic E-state index is 0.132. The number of hydrogen-bond acceptors (Lipinski definition) is 4. The molecule has 2 bridgehead atoms. The topological polar surface area (TPSA) is 71.1 Å². The molecule has 4 atom stereocenters. The monoisotopic (exact) mass is 261 g/mol. The van der Waals surface area contributed by atoms with E-state index in [1.807, 2.05) is 10.9 Å². The van der Waals surface area contributed by atoms with E-state index in [1.165, 1.54) is 0 Å². The molecule has 5 nitrogen and oxygen atoms in total. The first kappa shape index (κ1) is 12.6. The molecule has 4 unspecified atom stereocenters. The van der Waals surface area contributed by atoms with Crippen molar-refractivity contribution in [2.45, 2.75) is 57.5 Å². The number of aromatic nitrogens is 2. The Balaban J connectivity index is 1.85. The van der Waals surface area contributed by atoms with Gasteiger partial charge in [-0.05, 0) is 25.7 Å². The van der Waals surface area contributed by atoms with Crippen LogP contribution in [-0.4, -0.2) is 27.1 Å². The SMILES string of the molecule is CCCn1cc(C(O)C2(C#N)CC3CCC2O3)cn1. The third-order valence-electron chi connectivity index (χ3n) is 4.37. The molecule has 3 rings (SSSR count). The lowest BCUT2D eigenvalue weighted by atomic mass is 9.70. The summed E-state index contributed by atoms with van der Waals surface area (Å²) in [7, 11) is 0. The average Bonchev–Trinajstić information content (AvgIpc) is 3.13. The summed E-state index contributed by atoms with van der Waals surface area (Å²) < 4.78 is 7.58. The summed E-state index contributed by atoms with van der Waals surface area (Å²) in [6.07, 6.45) is 6.23. The molecule has 0 aromatic carbocycles. The minimum Gasteiger partial charge on any atom is -0.387 e. The molecular weight excluding hydrogens is 242 g/mol. The van der Waals surface area contributed by atoms with Crippen LogP contribution in [0.5, 0.6) is 0 Å². The molecule has 0 amide bonds. The third kappa shape index (κ3) is 1.87. The number of rotatable bonds is 4. The Hall–Kier alpha value is -1.38. The van der Waals surface area contributed by atoms with Crippen molar-refractivity contribution in [3.63, 3.8) is 0 Å². The predicted octanol–water partition coefficient (Wildman–Crippen LogP) is 1.79. The van der Waals surface area contributed by atoms with E-state index < -0.39 is 11.5 Å². The summed E-state index contributed by atoms with van der Waals surface area (Å²) in [5, 5.41) is 24.4. The Morgan fingerprint density at radius 1 is 1.68 bits per heavy atom. The van der Waals surface area contributed by atoms with Gasteiger partial charge in [-0.2, -0.15) is 10.4 Å². The highest BCUT2D eigenvalue weighted by molar-refractivity contribution is 5.23. The number of ether oxygens (including phenoxy) is 1. The van der Waals surface area contributed by atoms with Crippen molar-refractivity contribution in [2.24, 2.45) is 5.41 Å². The number of aliphatic hydroxyl groups excluding tert-OH is 1. The molecule has 0 radical (unpaired) electrons. The summed E-state index contributed by atoms with van der Waals surface area (Å²) in [4.78, 5) is 0. The summed E-state index contributed by atoms with van der Waals surface area (Å²) in [6.45, 7) is 2.91. The zero-order chi connectivity index (χ0) is 13.5. The third-order valence-corrected chi connectivity index (χ3v) is 4.37. The number of aryl methyl sites for hydroxylation is 1. The van der Waals surface area contributed by atoms with Gasteiger partial charge in [0.15, 0.2) is 0 Å². The van der Waals surface area contributed by atoms with E-state index in [4.69, 9.17) is 4.74 Å². The Labute approximate surface area is 112 Å². The van der Waals surface area contributed by atoms with E-state index >= 15 is 0 Å². The van der Waals surface area contributed by atoms with Gasteiger partial charge in [-0.25, -0.2) is 0 Å². The Bertz CT molecular complexity index is 507. The fraction of sp³-hybridized carbons (Fsp3) is 0.714. The van der Waals surface area contributed by atoms with Gasteiger partial charge in [-0.1, -0.05) is 6.92 Å². The van der Waals surface area contributed by atoms with Crippen molar-refractivity contribution in [1.29, 1.82) is 5.26 Å². The highest BCUT2D eigenvalue weighted by Crippen LogP contribution is 2.53. The summed E-state index contributed by atoms with van der Waals surface area (Å²) in [6, 6.07) is 2.34. The molecule has 19 heavy (non-hydrogen) atoms. The number of nitriles is 1. The molecule has 2 aliphatic heterocycles. The molecule has 2 aliphatic rings. The zero-order valence-electron chi connectivity index (χ0n) is 11.1. The lowest BCUT2D eigenvalue weighted by molar-refractivity contribution is 0.00337. The fourth-order valence-corrected chi connectivity index (χ4v) is 3.38. The van der Waals surface area contributed by atoms with Crippen LogP contribution in [0.4, 0.5) is 0 Å². The first-order chi connectivity index (χ1) is 9.19. The molecule has 1 aromatic heterocycles. The standard InChI is InChI=1S/C14H19N3O2/c1-2-5-17-8-10(7-16-17)13(18)14(9-15)6-11-3-4-12(14)19-11/h7-8,11-13,18H,2-6H2,1H3. The Kier molecular flexibility index (Phi) is 3.08. The maximum absolute atomic E-state index is 10.6. The molecule has 2 saturated heterocycles. The second-order valence-electron chi connectivity index (χ2n) is 5.62. The number of nitrogens with zero attached hydrogens (tertiary/aromatic N) is 3. The van der Waals surface area contributed by atoms with Crippen LogP contribution in [0.2, 0.25) is 0 Å². The van der Waals surface area contributed by atoms with E-state index in [0.29, 0.717) is 6.42 Å². The zero-order valence-corrected chi connectivity index (χ0v) is 11.1. The normalized spacial score (nSPS) is 34.4. The predicted molar refractivity (Wildman–Crippen MR) is 68.0 cm³/mol. The van der Waals surface area contributed by atoms with Crippen LogP contribution in [0.3, 0.4) is 0 Å². The molecule has 1 aromatic rings. The van der Waals surface area contributed by atoms with Crippen molar-refractivity contribution in [2.75, 3.05) is 0 Å². The number of aliphatic hydroxyl groups is 1. The number of hydrogen-bond donors (Lipinski definition) is 1. The van der Waals surface area contributed by atoms with Gasteiger partial charge < -0.3 is 9.84 Å². The van der Waals surface area contributed by atoms with Crippen molar-refractivity contribution in [1.82, 2.24) is 9.78 Å². The van der Waals surface area contributed by atoms with Gasteiger partial charge in [0, 0.05) is 18.3 Å². The van der Waals surface area contributed by atoms with E-state index in [-0.39, 0.29) is 12.2 Å². The highest BCUT2D eigenvalue weighted by Gasteiger charge is 2.57. The van der Waals surface area contributed by atoms with Gasteiger partial charge in [0.05, 0.1) is 24.5 Å². The average molecular weight is 261 g/mol. The van der Waals surface area contributed by atoms with Crippen molar-refractivity contribution >= 4 is 0 Å². The van der Waals surface area contributed by atoms with Gasteiger partial charge in [0.1, 0.15) is 11.5 Å². The molecule has 5 heteroatoms. The molecule has 2 fully saturated rings. The smallest absolute Gasteiger partial charge is 0.116 e. The second kappa shape index (κ2) is 4.62. The molecular formula is C14H19N3O2. The maximum atomic E-state index is 10.6. The van der Waals surface area contributed by atoms with Crippen LogP contribution in [0, 0.1) is 16.7 Å². The molecule has 0 aliphatic carbocycles. The van der Waals surface area contributed by atoms with E-state index in [9.17, 15) is 10.4 Å².